The van der Waals surface area contributed by atoms with Gasteiger partial charge in [0.2, 0.25) is 0 Å². The van der Waals surface area contributed by atoms with Crippen molar-refractivity contribution in [2.75, 3.05) is 0 Å². The minimum atomic E-state index is -0.962. The van der Waals surface area contributed by atoms with Crippen molar-refractivity contribution in [1.82, 2.24) is 14.7 Å². The highest BCUT2D eigenvalue weighted by Crippen LogP contribution is 2.40. The SMILES string of the molecule is CCn1nc(C(=O)N2[C@@H]3CCCC[C@@H]3C[C@H]2C(=O)O)ccc1=O. The first-order chi connectivity index (χ1) is 11.0. The number of aryl methyl sites for hydroxylation is 1. The average molecular weight is 319 g/mol. The molecule has 7 heteroatoms. The van der Waals surface area contributed by atoms with Gasteiger partial charge in [-0.1, -0.05) is 12.8 Å². The molecule has 7 nitrogen and oxygen atoms in total. The molecule has 0 unspecified atom stereocenters. The van der Waals surface area contributed by atoms with Gasteiger partial charge in [-0.25, -0.2) is 9.48 Å². The Labute approximate surface area is 133 Å². The Morgan fingerprint density at radius 2 is 2.04 bits per heavy atom. The number of carboxylic acid groups (broad SMARTS) is 1. The van der Waals surface area contributed by atoms with Crippen LogP contribution in [0.3, 0.4) is 0 Å². The summed E-state index contributed by atoms with van der Waals surface area (Å²) < 4.78 is 1.22. The molecular formula is C16H21N3O4. The number of aliphatic carboxylic acids is 1. The summed E-state index contributed by atoms with van der Waals surface area (Å²) in [7, 11) is 0. The molecule has 0 bridgehead atoms. The number of likely N-dealkylation sites (tertiary alicyclic amines) is 1. The Kier molecular flexibility index (Phi) is 4.19. The molecule has 1 aromatic rings. The van der Waals surface area contributed by atoms with E-state index in [2.05, 4.69) is 5.10 Å². The lowest BCUT2D eigenvalue weighted by molar-refractivity contribution is -0.141. The number of amides is 1. The zero-order valence-corrected chi connectivity index (χ0v) is 13.1. The van der Waals surface area contributed by atoms with E-state index in [1.807, 2.05) is 0 Å². The number of fused-ring (bicyclic) bond motifs is 1. The van der Waals surface area contributed by atoms with Gasteiger partial charge >= 0.3 is 5.97 Å². The van der Waals surface area contributed by atoms with Crippen molar-refractivity contribution in [3.8, 4) is 0 Å². The lowest BCUT2D eigenvalue weighted by Gasteiger charge is -2.32. The van der Waals surface area contributed by atoms with Crippen LogP contribution in [-0.4, -0.2) is 43.7 Å². The second-order valence-electron chi connectivity index (χ2n) is 6.29. The molecule has 1 N–H and O–H groups in total. The molecule has 0 aromatic carbocycles. The first-order valence-electron chi connectivity index (χ1n) is 8.16. The van der Waals surface area contributed by atoms with Crippen molar-refractivity contribution in [3.63, 3.8) is 0 Å². The maximum atomic E-state index is 12.9. The van der Waals surface area contributed by atoms with Crippen LogP contribution in [0.5, 0.6) is 0 Å². The molecule has 3 atom stereocenters. The second kappa shape index (κ2) is 6.14. The largest absolute Gasteiger partial charge is 0.480 e. The number of carbonyl (C=O) groups excluding carboxylic acids is 1. The lowest BCUT2D eigenvalue weighted by atomic mass is 9.84. The predicted molar refractivity (Wildman–Crippen MR) is 82.1 cm³/mol. The minimum absolute atomic E-state index is 0.0267. The molecule has 2 fully saturated rings. The molecular weight excluding hydrogens is 298 g/mol. The van der Waals surface area contributed by atoms with Gasteiger partial charge in [-0.05, 0) is 38.2 Å². The summed E-state index contributed by atoms with van der Waals surface area (Å²) in [5, 5.41) is 13.6. The molecule has 1 aliphatic carbocycles. The van der Waals surface area contributed by atoms with Crippen molar-refractivity contribution < 1.29 is 14.7 Å². The Balaban J connectivity index is 1.95. The van der Waals surface area contributed by atoms with Crippen molar-refractivity contribution in [1.29, 1.82) is 0 Å². The number of nitrogens with zero attached hydrogens (tertiary/aromatic N) is 3. The number of carboxylic acids is 1. The number of hydrogen-bond donors (Lipinski definition) is 1. The minimum Gasteiger partial charge on any atom is -0.480 e. The van der Waals surface area contributed by atoms with E-state index in [0.717, 1.165) is 25.7 Å². The fraction of sp³-hybridized carbons (Fsp3) is 0.625. The zero-order chi connectivity index (χ0) is 16.6. The van der Waals surface area contributed by atoms with Gasteiger partial charge in [0, 0.05) is 18.7 Å². The maximum Gasteiger partial charge on any atom is 0.326 e. The van der Waals surface area contributed by atoms with Crippen LogP contribution in [0.2, 0.25) is 0 Å². The topological polar surface area (TPSA) is 92.5 Å². The summed E-state index contributed by atoms with van der Waals surface area (Å²) in [6.07, 6.45) is 4.43. The molecule has 1 aliphatic heterocycles. The molecule has 2 heterocycles. The van der Waals surface area contributed by atoms with Gasteiger partial charge in [-0.3, -0.25) is 9.59 Å². The zero-order valence-electron chi connectivity index (χ0n) is 13.1. The summed E-state index contributed by atoms with van der Waals surface area (Å²) in [5.41, 5.74) is -0.125. The molecule has 23 heavy (non-hydrogen) atoms. The molecule has 0 radical (unpaired) electrons. The van der Waals surface area contributed by atoms with E-state index < -0.39 is 12.0 Å². The molecule has 1 aromatic heterocycles. The van der Waals surface area contributed by atoms with Gasteiger partial charge in [0.1, 0.15) is 11.7 Å². The van der Waals surface area contributed by atoms with E-state index >= 15 is 0 Å². The van der Waals surface area contributed by atoms with E-state index in [0.29, 0.717) is 13.0 Å². The molecule has 124 valence electrons. The third kappa shape index (κ3) is 2.75. The second-order valence-corrected chi connectivity index (χ2v) is 6.29. The van der Waals surface area contributed by atoms with E-state index in [1.165, 1.54) is 21.7 Å². The first kappa shape index (κ1) is 15.7. The van der Waals surface area contributed by atoms with Crippen LogP contribution in [0.15, 0.2) is 16.9 Å². The Hall–Kier alpha value is -2.18. The monoisotopic (exact) mass is 319 g/mol. The smallest absolute Gasteiger partial charge is 0.326 e. The molecule has 1 saturated carbocycles. The Morgan fingerprint density at radius 3 is 2.74 bits per heavy atom. The van der Waals surface area contributed by atoms with Gasteiger partial charge in [0.05, 0.1) is 0 Å². The highest BCUT2D eigenvalue weighted by Gasteiger charge is 2.48. The van der Waals surface area contributed by atoms with Gasteiger partial charge in [-0.2, -0.15) is 5.10 Å². The fourth-order valence-corrected chi connectivity index (χ4v) is 3.89. The van der Waals surface area contributed by atoms with Crippen LogP contribution < -0.4 is 5.56 Å². The maximum absolute atomic E-state index is 12.9. The number of carbonyl (C=O) groups is 2. The predicted octanol–water partition coefficient (Wildman–Crippen LogP) is 1.12. The van der Waals surface area contributed by atoms with Gasteiger partial charge < -0.3 is 10.0 Å². The highest BCUT2D eigenvalue weighted by atomic mass is 16.4. The van der Waals surface area contributed by atoms with Crippen LogP contribution in [-0.2, 0) is 11.3 Å². The van der Waals surface area contributed by atoms with Gasteiger partial charge in [0.25, 0.3) is 11.5 Å². The first-order valence-corrected chi connectivity index (χ1v) is 8.16. The fourth-order valence-electron chi connectivity index (χ4n) is 3.89. The molecule has 0 spiro atoms. The molecule has 2 aliphatic rings. The average Bonchev–Trinajstić information content (AvgIpc) is 2.94. The normalized spacial score (nSPS) is 26.8. The van der Waals surface area contributed by atoms with Gasteiger partial charge in [0.15, 0.2) is 0 Å². The summed E-state index contributed by atoms with van der Waals surface area (Å²) in [6.45, 7) is 2.14. The lowest BCUT2D eigenvalue weighted by Crippen LogP contribution is -2.46. The standard InChI is InChI=1S/C16H21N3O4/c1-2-18-14(20)8-7-11(17-18)15(21)19-12-6-4-3-5-10(12)9-13(19)16(22)23/h7-8,10,12-13H,2-6,9H2,1H3,(H,22,23)/t10-,12-,13+/m1/s1. The highest BCUT2D eigenvalue weighted by molar-refractivity contribution is 5.95. The van der Waals surface area contributed by atoms with Crippen LogP contribution in [0, 0.1) is 5.92 Å². The van der Waals surface area contributed by atoms with Crippen LogP contribution in [0.25, 0.3) is 0 Å². The molecule has 3 rings (SSSR count). The third-order valence-electron chi connectivity index (χ3n) is 4.99. The third-order valence-corrected chi connectivity index (χ3v) is 4.99. The number of hydrogen-bond acceptors (Lipinski definition) is 4. The number of aromatic nitrogens is 2. The van der Waals surface area contributed by atoms with Crippen molar-refractivity contribution >= 4 is 11.9 Å². The van der Waals surface area contributed by atoms with E-state index in [1.54, 1.807) is 6.92 Å². The summed E-state index contributed by atoms with van der Waals surface area (Å²) in [5.74, 6) is -1.09. The van der Waals surface area contributed by atoms with Crippen LogP contribution >= 0.6 is 0 Å². The molecule has 1 amide bonds. The van der Waals surface area contributed by atoms with Crippen molar-refractivity contribution in [2.45, 2.75) is 57.7 Å². The van der Waals surface area contributed by atoms with E-state index in [-0.39, 0.29) is 29.1 Å². The Bertz CT molecular complexity index is 684. The quantitative estimate of drug-likeness (QED) is 0.901. The van der Waals surface area contributed by atoms with E-state index in [4.69, 9.17) is 0 Å². The molecule has 1 saturated heterocycles. The van der Waals surface area contributed by atoms with Crippen molar-refractivity contribution in [2.24, 2.45) is 5.92 Å². The van der Waals surface area contributed by atoms with Gasteiger partial charge in [-0.15, -0.1) is 0 Å². The summed E-state index contributed by atoms with van der Waals surface area (Å²) in [4.78, 5) is 37.6. The Morgan fingerprint density at radius 1 is 1.30 bits per heavy atom. The van der Waals surface area contributed by atoms with Crippen LogP contribution in [0.4, 0.5) is 0 Å². The number of rotatable bonds is 3. The van der Waals surface area contributed by atoms with E-state index in [9.17, 15) is 19.5 Å². The van der Waals surface area contributed by atoms with Crippen molar-refractivity contribution in [3.05, 3.63) is 28.2 Å². The summed E-state index contributed by atoms with van der Waals surface area (Å²) >= 11 is 0. The van der Waals surface area contributed by atoms with Crippen LogP contribution in [0.1, 0.15) is 49.5 Å². The summed E-state index contributed by atoms with van der Waals surface area (Å²) in [6, 6.07) is 1.89.